The Morgan fingerprint density at radius 1 is 1.30 bits per heavy atom. The van der Waals surface area contributed by atoms with Crippen LogP contribution in [0.4, 0.5) is 11.5 Å². The van der Waals surface area contributed by atoms with Crippen molar-refractivity contribution in [1.29, 1.82) is 0 Å². The van der Waals surface area contributed by atoms with E-state index >= 15 is 0 Å². The van der Waals surface area contributed by atoms with Gasteiger partial charge in [0.15, 0.2) is 0 Å². The molecule has 0 saturated carbocycles. The Morgan fingerprint density at radius 3 is 2.74 bits per heavy atom. The van der Waals surface area contributed by atoms with Crippen molar-refractivity contribution < 1.29 is 9.53 Å². The summed E-state index contributed by atoms with van der Waals surface area (Å²) in [5, 5.41) is 6.36. The fraction of sp³-hybridized carbons (Fsp3) is 0.312. The van der Waals surface area contributed by atoms with Gasteiger partial charge < -0.3 is 15.4 Å². The van der Waals surface area contributed by atoms with Gasteiger partial charge in [-0.25, -0.2) is 9.97 Å². The molecule has 0 unspecified atom stereocenters. The van der Waals surface area contributed by atoms with Crippen LogP contribution in [0.5, 0.6) is 5.75 Å². The first-order valence-electron chi connectivity index (χ1n) is 7.35. The SMILES string of the molecule is CCCCNC(=O)c1cnc(Nc2ccc(OC)c(Cl)c2)cn1. The quantitative estimate of drug-likeness (QED) is 0.759. The van der Waals surface area contributed by atoms with Crippen molar-refractivity contribution >= 4 is 29.0 Å². The maximum Gasteiger partial charge on any atom is 0.271 e. The van der Waals surface area contributed by atoms with E-state index in [9.17, 15) is 4.79 Å². The number of anilines is 2. The highest BCUT2D eigenvalue weighted by atomic mass is 35.5. The lowest BCUT2D eigenvalue weighted by atomic mass is 10.3. The number of hydrogen-bond acceptors (Lipinski definition) is 5. The predicted octanol–water partition coefficient (Wildman–Crippen LogP) is 3.41. The lowest BCUT2D eigenvalue weighted by Gasteiger charge is -2.08. The highest BCUT2D eigenvalue weighted by Crippen LogP contribution is 2.28. The molecule has 0 saturated heterocycles. The fourth-order valence-electron chi connectivity index (χ4n) is 1.87. The van der Waals surface area contributed by atoms with Crippen LogP contribution in [0.15, 0.2) is 30.6 Å². The summed E-state index contributed by atoms with van der Waals surface area (Å²) in [6.07, 6.45) is 4.91. The zero-order valence-electron chi connectivity index (χ0n) is 13.1. The zero-order chi connectivity index (χ0) is 16.7. The number of hydrogen-bond donors (Lipinski definition) is 2. The number of aromatic nitrogens is 2. The summed E-state index contributed by atoms with van der Waals surface area (Å²) in [5.41, 5.74) is 1.05. The molecule has 0 aliphatic heterocycles. The number of unbranched alkanes of at least 4 members (excludes halogenated alkanes) is 1. The number of benzene rings is 1. The van der Waals surface area contributed by atoms with Gasteiger partial charge in [0.1, 0.15) is 17.3 Å². The first kappa shape index (κ1) is 17.0. The molecule has 1 amide bonds. The molecule has 7 heteroatoms. The van der Waals surface area contributed by atoms with Crippen LogP contribution in [0.2, 0.25) is 5.02 Å². The Labute approximate surface area is 140 Å². The molecule has 122 valence electrons. The standard InChI is InChI=1S/C16H19ClN4O2/c1-3-4-7-18-16(22)13-9-20-15(10-19-13)21-11-5-6-14(23-2)12(17)8-11/h5-6,8-10H,3-4,7H2,1-2H3,(H,18,22)(H,20,21). The molecule has 2 aromatic rings. The van der Waals surface area contributed by atoms with Crippen molar-refractivity contribution in [2.24, 2.45) is 0 Å². The summed E-state index contributed by atoms with van der Waals surface area (Å²) in [6, 6.07) is 5.30. The van der Waals surface area contributed by atoms with E-state index in [1.165, 1.54) is 12.4 Å². The topological polar surface area (TPSA) is 76.1 Å². The van der Waals surface area contributed by atoms with E-state index in [1.54, 1.807) is 19.2 Å². The van der Waals surface area contributed by atoms with E-state index in [4.69, 9.17) is 16.3 Å². The van der Waals surface area contributed by atoms with Gasteiger partial charge in [-0.3, -0.25) is 4.79 Å². The van der Waals surface area contributed by atoms with Gasteiger partial charge in [-0.1, -0.05) is 24.9 Å². The molecule has 0 aliphatic carbocycles. The van der Waals surface area contributed by atoms with E-state index < -0.39 is 0 Å². The van der Waals surface area contributed by atoms with Crippen molar-refractivity contribution in [2.45, 2.75) is 19.8 Å². The second-order valence-electron chi connectivity index (χ2n) is 4.87. The minimum absolute atomic E-state index is 0.218. The lowest BCUT2D eigenvalue weighted by Crippen LogP contribution is -2.25. The zero-order valence-corrected chi connectivity index (χ0v) is 13.9. The molecule has 23 heavy (non-hydrogen) atoms. The minimum atomic E-state index is -0.218. The van der Waals surface area contributed by atoms with Crippen molar-refractivity contribution in [3.8, 4) is 5.75 Å². The molecule has 1 aromatic heterocycles. The fourth-order valence-corrected chi connectivity index (χ4v) is 2.13. The molecule has 0 aliphatic rings. The van der Waals surface area contributed by atoms with Gasteiger partial charge in [0, 0.05) is 12.2 Å². The largest absolute Gasteiger partial charge is 0.495 e. The van der Waals surface area contributed by atoms with Crippen LogP contribution in [0.25, 0.3) is 0 Å². The number of nitrogens with one attached hydrogen (secondary N) is 2. The highest BCUT2D eigenvalue weighted by molar-refractivity contribution is 6.32. The molecule has 0 fully saturated rings. The molecule has 0 atom stereocenters. The third kappa shape index (κ3) is 4.82. The number of methoxy groups -OCH3 is 1. The minimum Gasteiger partial charge on any atom is -0.495 e. The Bertz CT molecular complexity index is 662. The van der Waals surface area contributed by atoms with E-state index in [1.807, 2.05) is 6.07 Å². The summed E-state index contributed by atoms with van der Waals surface area (Å²) in [7, 11) is 1.56. The molecule has 0 radical (unpaired) electrons. The number of ether oxygens (including phenoxy) is 1. The van der Waals surface area contributed by atoms with Crippen LogP contribution in [0, 0.1) is 0 Å². The van der Waals surface area contributed by atoms with Crippen molar-refractivity contribution in [2.75, 3.05) is 19.0 Å². The number of halogens is 1. The summed E-state index contributed by atoms with van der Waals surface area (Å²) in [4.78, 5) is 20.1. The van der Waals surface area contributed by atoms with E-state index in [0.717, 1.165) is 18.5 Å². The Morgan fingerprint density at radius 2 is 2.13 bits per heavy atom. The predicted molar refractivity (Wildman–Crippen MR) is 90.6 cm³/mol. The molecule has 6 nitrogen and oxygen atoms in total. The summed E-state index contributed by atoms with van der Waals surface area (Å²) >= 11 is 6.07. The van der Waals surface area contributed by atoms with Gasteiger partial charge in [0.2, 0.25) is 0 Å². The number of carbonyl (C=O) groups excluding carboxylic acids is 1. The highest BCUT2D eigenvalue weighted by Gasteiger charge is 2.08. The second kappa shape index (κ2) is 8.33. The third-order valence-electron chi connectivity index (χ3n) is 3.12. The van der Waals surface area contributed by atoms with E-state index in [-0.39, 0.29) is 5.91 Å². The first-order valence-corrected chi connectivity index (χ1v) is 7.72. The average Bonchev–Trinajstić information content (AvgIpc) is 2.56. The number of nitrogens with zero attached hydrogens (tertiary/aromatic N) is 2. The molecule has 0 spiro atoms. The van der Waals surface area contributed by atoms with Crippen molar-refractivity contribution in [1.82, 2.24) is 15.3 Å². The monoisotopic (exact) mass is 334 g/mol. The Balaban J connectivity index is 1.99. The van der Waals surface area contributed by atoms with Crippen molar-refractivity contribution in [3.63, 3.8) is 0 Å². The molecular weight excluding hydrogens is 316 g/mol. The maximum atomic E-state index is 11.8. The molecule has 1 heterocycles. The van der Waals surface area contributed by atoms with Crippen LogP contribution >= 0.6 is 11.6 Å². The molecule has 2 N–H and O–H groups in total. The van der Waals surface area contributed by atoms with Gasteiger partial charge in [-0.2, -0.15) is 0 Å². The summed E-state index contributed by atoms with van der Waals surface area (Å²) in [5.74, 6) is 0.906. The van der Waals surface area contributed by atoms with Crippen molar-refractivity contribution in [3.05, 3.63) is 41.3 Å². The van der Waals surface area contributed by atoms with Crippen LogP contribution in [-0.2, 0) is 0 Å². The molecular formula is C16H19ClN4O2. The van der Waals surface area contributed by atoms with Gasteiger partial charge in [0.05, 0.1) is 24.5 Å². The second-order valence-corrected chi connectivity index (χ2v) is 5.28. The maximum absolute atomic E-state index is 11.8. The van der Waals surface area contributed by atoms with Crippen LogP contribution in [-0.4, -0.2) is 29.5 Å². The first-order chi connectivity index (χ1) is 11.1. The van der Waals surface area contributed by atoms with Gasteiger partial charge in [0.25, 0.3) is 5.91 Å². The average molecular weight is 335 g/mol. The number of rotatable bonds is 7. The lowest BCUT2D eigenvalue weighted by molar-refractivity contribution is 0.0948. The van der Waals surface area contributed by atoms with Gasteiger partial charge in [-0.05, 0) is 24.6 Å². The summed E-state index contributed by atoms with van der Waals surface area (Å²) < 4.78 is 5.10. The summed E-state index contributed by atoms with van der Waals surface area (Å²) in [6.45, 7) is 2.71. The van der Waals surface area contributed by atoms with Gasteiger partial charge in [-0.15, -0.1) is 0 Å². The molecule has 2 rings (SSSR count). The Kier molecular flexibility index (Phi) is 6.17. The number of amides is 1. The molecule has 1 aromatic carbocycles. The van der Waals surface area contributed by atoms with E-state index in [2.05, 4.69) is 27.5 Å². The number of carbonyl (C=O) groups is 1. The Hall–Kier alpha value is -2.34. The van der Waals surface area contributed by atoms with Crippen LogP contribution in [0.1, 0.15) is 30.3 Å². The normalized spacial score (nSPS) is 10.2. The van der Waals surface area contributed by atoms with E-state index in [0.29, 0.717) is 28.8 Å². The van der Waals surface area contributed by atoms with Crippen LogP contribution < -0.4 is 15.4 Å². The molecule has 0 bridgehead atoms. The smallest absolute Gasteiger partial charge is 0.271 e. The van der Waals surface area contributed by atoms with Crippen LogP contribution in [0.3, 0.4) is 0 Å². The van der Waals surface area contributed by atoms with Gasteiger partial charge >= 0.3 is 0 Å². The third-order valence-corrected chi connectivity index (χ3v) is 3.42.